The third-order valence-corrected chi connectivity index (χ3v) is 0.619. The molecule has 60 valence electrons. The van der Waals surface area contributed by atoms with Crippen molar-refractivity contribution in [1.82, 2.24) is 0 Å². The van der Waals surface area contributed by atoms with E-state index in [9.17, 15) is 0 Å². The highest BCUT2D eigenvalue weighted by Gasteiger charge is 1.62. The van der Waals surface area contributed by atoms with Crippen LogP contribution in [0.25, 0.3) is 0 Å². The molecule has 0 amide bonds. The molecule has 0 saturated heterocycles. The molecular formula is C8H18N2. The van der Waals surface area contributed by atoms with Gasteiger partial charge in [0.05, 0.1) is 0 Å². The molecular weight excluding hydrogens is 124 g/mol. The maximum absolute atomic E-state index is 3.89. The van der Waals surface area contributed by atoms with Crippen molar-refractivity contribution < 1.29 is 0 Å². The maximum atomic E-state index is 3.89. The van der Waals surface area contributed by atoms with E-state index in [2.05, 4.69) is 9.98 Å². The number of hydrogen-bond donors (Lipinski definition) is 0. The summed E-state index contributed by atoms with van der Waals surface area (Å²) < 4.78 is 0. The smallest absolute Gasteiger partial charge is 0.109 e. The molecule has 0 unspecified atom stereocenters. The Bertz CT molecular complexity index is 73.3. The second-order valence-corrected chi connectivity index (χ2v) is 1.35. The Morgan fingerprint density at radius 3 is 2.20 bits per heavy atom. The second kappa shape index (κ2) is 15.8. The zero-order valence-electron chi connectivity index (χ0n) is 7.46. The van der Waals surface area contributed by atoms with Gasteiger partial charge in [0.15, 0.2) is 0 Å². The largest absolute Gasteiger partial charge is 0.274 e. The fourth-order valence-corrected chi connectivity index (χ4v) is 0.281. The van der Waals surface area contributed by atoms with Crippen LogP contribution in [0.4, 0.5) is 0 Å². The first kappa shape index (κ1) is 12.1. The van der Waals surface area contributed by atoms with Crippen LogP contribution in [-0.2, 0) is 0 Å². The van der Waals surface area contributed by atoms with Gasteiger partial charge in [-0.3, -0.25) is 4.99 Å². The van der Waals surface area contributed by atoms with Crippen molar-refractivity contribution in [3.63, 3.8) is 0 Å². The van der Waals surface area contributed by atoms with E-state index in [1.54, 1.807) is 6.34 Å². The fraction of sp³-hybridized carbons (Fsp3) is 0.750. The Labute approximate surface area is 64.1 Å². The predicted molar refractivity (Wildman–Crippen MR) is 49.2 cm³/mol. The monoisotopic (exact) mass is 142 g/mol. The van der Waals surface area contributed by atoms with Crippen LogP contribution in [0.15, 0.2) is 9.98 Å². The highest BCUT2D eigenvalue weighted by atomic mass is 14.8. The van der Waals surface area contributed by atoms with E-state index in [4.69, 9.17) is 0 Å². The number of hydrogen-bond acceptors (Lipinski definition) is 1. The average molecular weight is 142 g/mol. The molecule has 0 bridgehead atoms. The van der Waals surface area contributed by atoms with Gasteiger partial charge in [-0.2, -0.15) is 0 Å². The average Bonchev–Trinajstić information content (AvgIpc) is 2.02. The summed E-state index contributed by atoms with van der Waals surface area (Å²) in [6.07, 6.45) is 4.40. The van der Waals surface area contributed by atoms with Gasteiger partial charge in [0.2, 0.25) is 0 Å². The summed E-state index contributed by atoms with van der Waals surface area (Å²) in [5.41, 5.74) is 0. The summed E-state index contributed by atoms with van der Waals surface area (Å²) >= 11 is 0. The summed E-state index contributed by atoms with van der Waals surface area (Å²) in [6, 6.07) is 0. The van der Waals surface area contributed by atoms with Crippen LogP contribution >= 0.6 is 0 Å². The molecule has 0 rings (SSSR count). The molecule has 0 heterocycles. The molecule has 2 nitrogen and oxygen atoms in total. The molecule has 0 fully saturated rings. The fourth-order valence-electron chi connectivity index (χ4n) is 0.281. The van der Waals surface area contributed by atoms with E-state index in [-0.39, 0.29) is 0 Å². The van der Waals surface area contributed by atoms with Crippen LogP contribution in [0.3, 0.4) is 0 Å². The molecule has 0 aliphatic rings. The van der Waals surface area contributed by atoms with Crippen LogP contribution in [0.5, 0.6) is 0 Å². The second-order valence-electron chi connectivity index (χ2n) is 1.35. The Hall–Kier alpha value is -0.660. The molecule has 0 aliphatic carbocycles. The van der Waals surface area contributed by atoms with Gasteiger partial charge in [-0.25, -0.2) is 4.99 Å². The van der Waals surface area contributed by atoms with Gasteiger partial charge in [-0.05, 0) is 13.3 Å². The van der Waals surface area contributed by atoms with Crippen LogP contribution in [0.1, 0.15) is 34.1 Å². The molecule has 0 aromatic heterocycles. The quantitative estimate of drug-likeness (QED) is 0.427. The molecule has 0 aromatic carbocycles. The van der Waals surface area contributed by atoms with Crippen molar-refractivity contribution in [2.45, 2.75) is 34.1 Å². The third-order valence-electron chi connectivity index (χ3n) is 0.619. The first-order valence-electron chi connectivity index (χ1n) is 3.91. The Kier molecular flexibility index (Phi) is 19.0. The van der Waals surface area contributed by atoms with E-state index in [0.717, 1.165) is 13.0 Å². The number of aliphatic imine (C=N–C) groups is 2. The van der Waals surface area contributed by atoms with Crippen molar-refractivity contribution in [2.75, 3.05) is 6.54 Å². The minimum Gasteiger partial charge on any atom is -0.274 e. The molecule has 0 spiro atoms. The van der Waals surface area contributed by atoms with E-state index in [1.807, 2.05) is 33.9 Å². The zero-order chi connectivity index (χ0) is 8.24. The van der Waals surface area contributed by atoms with Gasteiger partial charge < -0.3 is 0 Å². The van der Waals surface area contributed by atoms with E-state index in [0.29, 0.717) is 0 Å². The highest BCUT2D eigenvalue weighted by Crippen LogP contribution is 1.67. The standard InChI is InChI=1S/C6H12N2.C2H6/c1-3-5-8-6-7-4-2;1-2/h5-6H,3-4H2,1-2H3;1-2H3. The highest BCUT2D eigenvalue weighted by molar-refractivity contribution is 5.71. The Balaban J connectivity index is 0. The van der Waals surface area contributed by atoms with Gasteiger partial charge in [0, 0.05) is 12.8 Å². The van der Waals surface area contributed by atoms with Crippen molar-refractivity contribution in [1.29, 1.82) is 0 Å². The molecule has 0 aromatic rings. The van der Waals surface area contributed by atoms with Gasteiger partial charge >= 0.3 is 0 Å². The number of rotatable bonds is 3. The molecule has 2 heteroatoms. The minimum atomic E-state index is 0.820. The van der Waals surface area contributed by atoms with Crippen molar-refractivity contribution in [3.8, 4) is 0 Å². The van der Waals surface area contributed by atoms with Gasteiger partial charge in [0.25, 0.3) is 0 Å². The molecule has 10 heavy (non-hydrogen) atoms. The normalized spacial score (nSPS) is 10.0. The van der Waals surface area contributed by atoms with Crippen LogP contribution in [0.2, 0.25) is 0 Å². The van der Waals surface area contributed by atoms with Gasteiger partial charge in [0.1, 0.15) is 6.34 Å². The molecule has 0 atom stereocenters. The summed E-state index contributed by atoms with van der Waals surface area (Å²) in [7, 11) is 0. The van der Waals surface area contributed by atoms with Crippen LogP contribution < -0.4 is 0 Å². The van der Waals surface area contributed by atoms with E-state index < -0.39 is 0 Å². The topological polar surface area (TPSA) is 24.7 Å². The van der Waals surface area contributed by atoms with Crippen molar-refractivity contribution in [3.05, 3.63) is 0 Å². The van der Waals surface area contributed by atoms with Crippen molar-refractivity contribution >= 4 is 12.6 Å². The zero-order valence-corrected chi connectivity index (χ0v) is 7.46. The first-order valence-corrected chi connectivity index (χ1v) is 3.91. The lowest BCUT2D eigenvalue weighted by molar-refractivity contribution is 1.13. The number of nitrogens with zero attached hydrogens (tertiary/aromatic N) is 2. The van der Waals surface area contributed by atoms with Crippen molar-refractivity contribution in [2.24, 2.45) is 9.98 Å². The summed E-state index contributed by atoms with van der Waals surface area (Å²) in [4.78, 5) is 7.75. The molecule has 0 N–H and O–H groups in total. The van der Waals surface area contributed by atoms with E-state index in [1.165, 1.54) is 0 Å². The minimum absolute atomic E-state index is 0.820. The Morgan fingerprint density at radius 2 is 1.80 bits per heavy atom. The SMILES string of the molecule is CC.CCC=NC=NCC. The van der Waals surface area contributed by atoms with Crippen LogP contribution in [0, 0.1) is 0 Å². The molecule has 0 saturated carbocycles. The molecule has 0 aliphatic heterocycles. The summed E-state index contributed by atoms with van der Waals surface area (Å²) in [5.74, 6) is 0. The lowest BCUT2D eigenvalue weighted by Gasteiger charge is -1.75. The summed E-state index contributed by atoms with van der Waals surface area (Å²) in [6.45, 7) is 8.85. The van der Waals surface area contributed by atoms with Gasteiger partial charge in [-0.1, -0.05) is 20.8 Å². The molecule has 0 radical (unpaired) electrons. The maximum Gasteiger partial charge on any atom is 0.109 e. The third kappa shape index (κ3) is 15.7. The van der Waals surface area contributed by atoms with Crippen LogP contribution in [-0.4, -0.2) is 19.1 Å². The lowest BCUT2D eigenvalue weighted by atomic mass is 10.5. The lowest BCUT2D eigenvalue weighted by Crippen LogP contribution is -1.71. The predicted octanol–water partition coefficient (Wildman–Crippen LogP) is 2.54. The van der Waals surface area contributed by atoms with Gasteiger partial charge in [-0.15, -0.1) is 0 Å². The summed E-state index contributed by atoms with van der Waals surface area (Å²) in [5, 5.41) is 0. The Morgan fingerprint density at radius 1 is 1.20 bits per heavy atom. The first-order chi connectivity index (χ1) is 4.91. The van der Waals surface area contributed by atoms with E-state index >= 15 is 0 Å².